The van der Waals surface area contributed by atoms with Gasteiger partial charge in [0.15, 0.2) is 0 Å². The third-order valence-electron chi connectivity index (χ3n) is 4.19. The molecule has 0 spiro atoms. The standard InChI is InChI=1S/C18H27N3/c1-6-15-13(4)20-21(14(15)5)18-12-10-9-11-16(18)17(7-2)19-8-3/h9-12,17,19H,6-8H2,1-5H3. The summed E-state index contributed by atoms with van der Waals surface area (Å²) in [6.07, 6.45) is 2.11. The molecule has 0 aliphatic rings. The molecule has 0 bridgehead atoms. The van der Waals surface area contributed by atoms with Gasteiger partial charge in [0, 0.05) is 11.7 Å². The van der Waals surface area contributed by atoms with Gasteiger partial charge in [0.25, 0.3) is 0 Å². The molecule has 2 aromatic rings. The molecule has 0 aliphatic heterocycles. The number of nitrogens with zero attached hydrogens (tertiary/aromatic N) is 2. The fraction of sp³-hybridized carbons (Fsp3) is 0.500. The van der Waals surface area contributed by atoms with Crippen molar-refractivity contribution >= 4 is 0 Å². The first kappa shape index (κ1) is 15.8. The van der Waals surface area contributed by atoms with Gasteiger partial charge in [0.2, 0.25) is 0 Å². The van der Waals surface area contributed by atoms with E-state index in [0.29, 0.717) is 6.04 Å². The molecule has 0 aliphatic carbocycles. The van der Waals surface area contributed by atoms with Crippen molar-refractivity contribution in [1.29, 1.82) is 0 Å². The second-order valence-corrected chi connectivity index (χ2v) is 5.49. The summed E-state index contributed by atoms with van der Waals surface area (Å²) >= 11 is 0. The molecule has 0 radical (unpaired) electrons. The number of hydrogen-bond donors (Lipinski definition) is 1. The SMILES string of the molecule is CCNC(CC)c1ccccc1-n1nc(C)c(CC)c1C. The lowest BCUT2D eigenvalue weighted by Gasteiger charge is -2.20. The fourth-order valence-corrected chi connectivity index (χ4v) is 3.12. The zero-order valence-corrected chi connectivity index (χ0v) is 13.9. The average Bonchev–Trinajstić information content (AvgIpc) is 2.79. The maximum Gasteiger partial charge on any atom is 0.0696 e. The Morgan fingerprint density at radius 3 is 2.43 bits per heavy atom. The van der Waals surface area contributed by atoms with Crippen LogP contribution < -0.4 is 5.32 Å². The van der Waals surface area contributed by atoms with Crippen LogP contribution in [0, 0.1) is 13.8 Å². The number of aromatic nitrogens is 2. The molecule has 0 fully saturated rings. The molecule has 1 atom stereocenters. The number of para-hydroxylation sites is 1. The first-order valence-corrected chi connectivity index (χ1v) is 8.01. The highest BCUT2D eigenvalue weighted by atomic mass is 15.3. The Morgan fingerprint density at radius 2 is 1.86 bits per heavy atom. The number of nitrogens with one attached hydrogen (secondary N) is 1. The predicted octanol–water partition coefficient (Wildman–Crippen LogP) is 4.11. The number of rotatable bonds is 6. The molecule has 1 heterocycles. The maximum absolute atomic E-state index is 4.78. The molecular formula is C18H27N3. The predicted molar refractivity (Wildman–Crippen MR) is 89.1 cm³/mol. The molecule has 0 saturated carbocycles. The summed E-state index contributed by atoms with van der Waals surface area (Å²) < 4.78 is 2.11. The summed E-state index contributed by atoms with van der Waals surface area (Å²) in [7, 11) is 0. The molecule has 1 N–H and O–H groups in total. The number of benzene rings is 1. The van der Waals surface area contributed by atoms with Gasteiger partial charge in [0.1, 0.15) is 0 Å². The third-order valence-corrected chi connectivity index (χ3v) is 4.19. The normalized spacial score (nSPS) is 12.6. The van der Waals surface area contributed by atoms with Gasteiger partial charge in [-0.1, -0.05) is 39.0 Å². The summed E-state index contributed by atoms with van der Waals surface area (Å²) in [6.45, 7) is 11.8. The topological polar surface area (TPSA) is 29.9 Å². The van der Waals surface area contributed by atoms with Crippen molar-refractivity contribution in [3.05, 3.63) is 46.8 Å². The maximum atomic E-state index is 4.78. The van der Waals surface area contributed by atoms with Crippen molar-refractivity contribution in [2.75, 3.05) is 6.54 Å². The smallest absolute Gasteiger partial charge is 0.0696 e. The highest BCUT2D eigenvalue weighted by molar-refractivity contribution is 5.45. The van der Waals surface area contributed by atoms with Crippen molar-refractivity contribution in [2.45, 2.75) is 53.5 Å². The van der Waals surface area contributed by atoms with E-state index < -0.39 is 0 Å². The van der Waals surface area contributed by atoms with Crippen LogP contribution in [-0.2, 0) is 6.42 Å². The van der Waals surface area contributed by atoms with Crippen LogP contribution in [0.2, 0.25) is 0 Å². The molecule has 1 unspecified atom stereocenters. The van der Waals surface area contributed by atoms with Gasteiger partial charge in [-0.2, -0.15) is 5.10 Å². The molecule has 3 nitrogen and oxygen atoms in total. The number of aryl methyl sites for hydroxylation is 1. The van der Waals surface area contributed by atoms with Crippen molar-refractivity contribution < 1.29 is 0 Å². The van der Waals surface area contributed by atoms with Gasteiger partial charge in [-0.25, -0.2) is 4.68 Å². The van der Waals surface area contributed by atoms with E-state index >= 15 is 0 Å². The highest BCUT2D eigenvalue weighted by Gasteiger charge is 2.17. The molecule has 1 aromatic heterocycles. The molecule has 114 valence electrons. The lowest BCUT2D eigenvalue weighted by Crippen LogP contribution is -2.22. The highest BCUT2D eigenvalue weighted by Crippen LogP contribution is 2.26. The molecule has 2 rings (SSSR count). The zero-order chi connectivity index (χ0) is 15.4. The van der Waals surface area contributed by atoms with Crippen molar-refractivity contribution in [3.8, 4) is 5.69 Å². The Morgan fingerprint density at radius 1 is 1.14 bits per heavy atom. The van der Waals surface area contributed by atoms with E-state index in [2.05, 4.69) is 68.9 Å². The minimum absolute atomic E-state index is 0.375. The Hall–Kier alpha value is -1.61. The summed E-state index contributed by atoms with van der Waals surface area (Å²) in [5.41, 5.74) is 6.29. The Kier molecular flexibility index (Phi) is 5.18. The Bertz CT molecular complexity index is 599. The van der Waals surface area contributed by atoms with E-state index in [0.717, 1.165) is 25.1 Å². The molecule has 21 heavy (non-hydrogen) atoms. The van der Waals surface area contributed by atoms with Gasteiger partial charge in [0.05, 0.1) is 11.4 Å². The van der Waals surface area contributed by atoms with E-state index in [9.17, 15) is 0 Å². The van der Waals surface area contributed by atoms with Crippen LogP contribution in [0.15, 0.2) is 24.3 Å². The van der Waals surface area contributed by atoms with Gasteiger partial charge in [-0.3, -0.25) is 0 Å². The van der Waals surface area contributed by atoms with Crippen LogP contribution in [0.4, 0.5) is 0 Å². The largest absolute Gasteiger partial charge is 0.310 e. The second-order valence-electron chi connectivity index (χ2n) is 5.49. The van der Waals surface area contributed by atoms with E-state index in [1.54, 1.807) is 0 Å². The van der Waals surface area contributed by atoms with Crippen LogP contribution in [0.25, 0.3) is 5.69 Å². The van der Waals surface area contributed by atoms with Gasteiger partial charge < -0.3 is 5.32 Å². The van der Waals surface area contributed by atoms with E-state index in [1.807, 2.05) is 0 Å². The molecule has 0 amide bonds. The first-order chi connectivity index (χ1) is 10.1. The molecule has 0 saturated heterocycles. The van der Waals surface area contributed by atoms with Crippen LogP contribution in [-0.4, -0.2) is 16.3 Å². The molecular weight excluding hydrogens is 258 g/mol. The minimum atomic E-state index is 0.375. The first-order valence-electron chi connectivity index (χ1n) is 8.01. The van der Waals surface area contributed by atoms with Gasteiger partial charge in [-0.15, -0.1) is 0 Å². The summed E-state index contributed by atoms with van der Waals surface area (Å²) in [5, 5.41) is 8.35. The quantitative estimate of drug-likeness (QED) is 0.865. The van der Waals surface area contributed by atoms with Crippen molar-refractivity contribution in [1.82, 2.24) is 15.1 Å². The summed E-state index contributed by atoms with van der Waals surface area (Å²) in [6, 6.07) is 8.98. The monoisotopic (exact) mass is 285 g/mol. The van der Waals surface area contributed by atoms with E-state index in [4.69, 9.17) is 5.10 Å². The zero-order valence-electron chi connectivity index (χ0n) is 13.9. The van der Waals surface area contributed by atoms with Crippen molar-refractivity contribution in [3.63, 3.8) is 0 Å². The number of hydrogen-bond acceptors (Lipinski definition) is 2. The van der Waals surface area contributed by atoms with E-state index in [1.165, 1.54) is 22.5 Å². The fourth-order valence-electron chi connectivity index (χ4n) is 3.12. The van der Waals surface area contributed by atoms with E-state index in [-0.39, 0.29) is 0 Å². The lowest BCUT2D eigenvalue weighted by atomic mass is 10.0. The van der Waals surface area contributed by atoms with Crippen LogP contribution in [0.5, 0.6) is 0 Å². The Balaban J connectivity index is 2.54. The van der Waals surface area contributed by atoms with Gasteiger partial charge in [-0.05, 0) is 50.4 Å². The van der Waals surface area contributed by atoms with Crippen LogP contribution in [0.3, 0.4) is 0 Å². The third kappa shape index (κ3) is 3.03. The molecule has 3 heteroatoms. The second kappa shape index (κ2) is 6.90. The minimum Gasteiger partial charge on any atom is -0.310 e. The van der Waals surface area contributed by atoms with Crippen LogP contribution in [0.1, 0.15) is 55.7 Å². The molecule has 1 aromatic carbocycles. The van der Waals surface area contributed by atoms with Crippen LogP contribution >= 0.6 is 0 Å². The average molecular weight is 285 g/mol. The summed E-state index contributed by atoms with van der Waals surface area (Å²) in [4.78, 5) is 0. The lowest BCUT2D eigenvalue weighted by molar-refractivity contribution is 0.533. The Labute approximate surface area is 128 Å². The summed E-state index contributed by atoms with van der Waals surface area (Å²) in [5.74, 6) is 0. The van der Waals surface area contributed by atoms with Crippen molar-refractivity contribution in [2.24, 2.45) is 0 Å². The van der Waals surface area contributed by atoms with Gasteiger partial charge >= 0.3 is 0 Å².